The van der Waals surface area contributed by atoms with Gasteiger partial charge in [0, 0.05) is 27.3 Å². The summed E-state index contributed by atoms with van der Waals surface area (Å²) in [5, 5.41) is 0.997. The van der Waals surface area contributed by atoms with E-state index in [0.717, 1.165) is 27.2 Å². The number of aryl methyl sites for hydroxylation is 1. The van der Waals surface area contributed by atoms with Crippen LogP contribution in [0.25, 0.3) is 15.8 Å². The number of para-hydroxylation sites is 1. The molecule has 0 saturated carbocycles. The maximum Gasteiger partial charge on any atom is 0.348 e. The summed E-state index contributed by atoms with van der Waals surface area (Å²) in [7, 11) is 0. The van der Waals surface area contributed by atoms with Gasteiger partial charge in [0.25, 0.3) is 0 Å². The molecule has 2 aromatic carbocycles. The van der Waals surface area contributed by atoms with E-state index in [0.29, 0.717) is 10.4 Å². The monoisotopic (exact) mass is 389 g/mol. The van der Waals surface area contributed by atoms with E-state index in [9.17, 15) is 9.59 Å². The van der Waals surface area contributed by atoms with Crippen molar-refractivity contribution in [2.45, 2.75) is 13.8 Å². The second kappa shape index (κ2) is 7.44. The van der Waals surface area contributed by atoms with Gasteiger partial charge in [0.15, 0.2) is 6.61 Å². The normalized spacial score (nSPS) is 10.9. The number of fused-ring (bicyclic) bond motifs is 1. The fourth-order valence-electron chi connectivity index (χ4n) is 3.38. The SMILES string of the molecule is Cc1cc(C(=O)COC(=O)c2cc3ccccc3s2)c(C)n1-c1ccccc1. The van der Waals surface area contributed by atoms with E-state index in [1.54, 1.807) is 6.07 Å². The van der Waals surface area contributed by atoms with Crippen molar-refractivity contribution in [1.82, 2.24) is 4.57 Å². The van der Waals surface area contributed by atoms with Gasteiger partial charge >= 0.3 is 5.97 Å². The lowest BCUT2D eigenvalue weighted by atomic mass is 10.1. The van der Waals surface area contributed by atoms with Crippen molar-refractivity contribution < 1.29 is 14.3 Å². The molecule has 4 aromatic rings. The Bertz CT molecular complexity index is 1140. The number of carbonyl (C=O) groups is 2. The first kappa shape index (κ1) is 18.2. The fraction of sp³-hybridized carbons (Fsp3) is 0.130. The minimum Gasteiger partial charge on any atom is -0.453 e. The van der Waals surface area contributed by atoms with Crippen LogP contribution >= 0.6 is 11.3 Å². The molecule has 0 spiro atoms. The van der Waals surface area contributed by atoms with Crippen LogP contribution in [0.4, 0.5) is 0 Å². The molecular weight excluding hydrogens is 370 g/mol. The van der Waals surface area contributed by atoms with Crippen molar-refractivity contribution in [3.05, 3.63) is 88.6 Å². The standard InChI is InChI=1S/C23H19NO3S/c1-15-12-19(16(2)24(15)18-9-4-3-5-10-18)20(25)14-27-23(26)22-13-17-8-6-7-11-21(17)28-22/h3-13H,14H2,1-2H3. The van der Waals surface area contributed by atoms with Crippen molar-refractivity contribution >= 4 is 33.2 Å². The average molecular weight is 389 g/mol. The van der Waals surface area contributed by atoms with Crippen LogP contribution in [0.15, 0.2) is 66.7 Å². The number of benzene rings is 2. The van der Waals surface area contributed by atoms with Gasteiger partial charge in [0.05, 0.1) is 0 Å². The van der Waals surface area contributed by atoms with Crippen molar-refractivity contribution in [3.63, 3.8) is 0 Å². The summed E-state index contributed by atoms with van der Waals surface area (Å²) in [5.74, 6) is -0.670. The summed E-state index contributed by atoms with van der Waals surface area (Å²) in [4.78, 5) is 25.5. The van der Waals surface area contributed by atoms with E-state index in [4.69, 9.17) is 4.74 Å². The number of hydrogen-bond acceptors (Lipinski definition) is 4. The molecular formula is C23H19NO3S. The van der Waals surface area contributed by atoms with Gasteiger partial charge in [-0.05, 0) is 49.6 Å². The van der Waals surface area contributed by atoms with Crippen LogP contribution < -0.4 is 0 Å². The molecule has 0 aliphatic heterocycles. The molecule has 2 aromatic heterocycles. The minimum atomic E-state index is -0.466. The third-order valence-corrected chi connectivity index (χ3v) is 5.80. The van der Waals surface area contributed by atoms with Crippen molar-refractivity contribution in [3.8, 4) is 5.69 Å². The predicted molar refractivity (Wildman–Crippen MR) is 112 cm³/mol. The number of nitrogens with zero attached hydrogens (tertiary/aromatic N) is 1. The smallest absolute Gasteiger partial charge is 0.348 e. The van der Waals surface area contributed by atoms with Crippen LogP contribution in [0.5, 0.6) is 0 Å². The number of thiophene rings is 1. The van der Waals surface area contributed by atoms with Gasteiger partial charge < -0.3 is 9.30 Å². The van der Waals surface area contributed by atoms with E-state index in [2.05, 4.69) is 0 Å². The van der Waals surface area contributed by atoms with E-state index >= 15 is 0 Å². The quantitative estimate of drug-likeness (QED) is 0.341. The summed E-state index contributed by atoms with van der Waals surface area (Å²) in [6, 6.07) is 21.3. The van der Waals surface area contributed by atoms with E-state index in [1.165, 1.54) is 11.3 Å². The van der Waals surface area contributed by atoms with Crippen LogP contribution in [-0.4, -0.2) is 22.9 Å². The van der Waals surface area contributed by atoms with Gasteiger partial charge in [0.1, 0.15) is 4.88 Å². The lowest BCUT2D eigenvalue weighted by Gasteiger charge is -2.09. The van der Waals surface area contributed by atoms with Gasteiger partial charge in [-0.15, -0.1) is 11.3 Å². The zero-order valence-corrected chi connectivity index (χ0v) is 16.5. The lowest BCUT2D eigenvalue weighted by Crippen LogP contribution is -2.14. The maximum absolute atomic E-state index is 12.7. The lowest BCUT2D eigenvalue weighted by molar-refractivity contribution is 0.0479. The van der Waals surface area contributed by atoms with Gasteiger partial charge in [0.2, 0.25) is 5.78 Å². The summed E-state index contributed by atoms with van der Waals surface area (Å²) < 4.78 is 8.35. The first-order valence-corrected chi connectivity index (χ1v) is 9.79. The average Bonchev–Trinajstić information content (AvgIpc) is 3.27. The molecule has 0 fully saturated rings. The number of Topliss-reactive ketones (excluding diaryl/α,β-unsaturated/α-hetero) is 1. The number of ketones is 1. The fourth-order valence-corrected chi connectivity index (χ4v) is 4.34. The molecule has 0 N–H and O–H groups in total. The number of ether oxygens (including phenoxy) is 1. The molecule has 0 saturated heterocycles. The van der Waals surface area contributed by atoms with Gasteiger partial charge in [-0.25, -0.2) is 4.79 Å². The van der Waals surface area contributed by atoms with E-state index in [1.807, 2.05) is 79.1 Å². The Morgan fingerprint density at radius 1 is 0.964 bits per heavy atom. The van der Waals surface area contributed by atoms with Gasteiger partial charge in [-0.1, -0.05) is 36.4 Å². The van der Waals surface area contributed by atoms with Crippen LogP contribution in [0, 0.1) is 13.8 Å². The highest BCUT2D eigenvalue weighted by Crippen LogP contribution is 2.26. The molecule has 0 bridgehead atoms. The first-order valence-electron chi connectivity index (χ1n) is 8.98. The predicted octanol–water partition coefficient (Wildman–Crippen LogP) is 5.35. The summed E-state index contributed by atoms with van der Waals surface area (Å²) in [6.07, 6.45) is 0. The molecule has 0 amide bonds. The van der Waals surface area contributed by atoms with Crippen LogP contribution in [0.1, 0.15) is 31.4 Å². The minimum absolute atomic E-state index is 0.204. The van der Waals surface area contributed by atoms with Crippen LogP contribution in [-0.2, 0) is 4.74 Å². The summed E-state index contributed by atoms with van der Waals surface area (Å²) in [6.45, 7) is 3.59. The maximum atomic E-state index is 12.7. The Balaban J connectivity index is 1.50. The Labute approximate surface area is 167 Å². The highest BCUT2D eigenvalue weighted by atomic mass is 32.1. The van der Waals surface area contributed by atoms with Gasteiger partial charge in [-0.2, -0.15) is 0 Å². The molecule has 0 aliphatic rings. The van der Waals surface area contributed by atoms with Crippen molar-refractivity contribution in [1.29, 1.82) is 0 Å². The Morgan fingerprint density at radius 2 is 1.68 bits per heavy atom. The highest BCUT2D eigenvalue weighted by Gasteiger charge is 2.19. The van der Waals surface area contributed by atoms with Crippen molar-refractivity contribution in [2.24, 2.45) is 0 Å². The second-order valence-corrected chi connectivity index (χ2v) is 7.69. The third-order valence-electron chi connectivity index (χ3n) is 4.71. The number of hydrogen-bond donors (Lipinski definition) is 0. The zero-order valence-electron chi connectivity index (χ0n) is 15.6. The summed E-state index contributed by atoms with van der Waals surface area (Å²) >= 11 is 1.37. The number of rotatable bonds is 5. The molecule has 2 heterocycles. The van der Waals surface area contributed by atoms with Crippen molar-refractivity contribution in [2.75, 3.05) is 6.61 Å². The molecule has 4 nitrogen and oxygen atoms in total. The molecule has 0 atom stereocenters. The summed E-state index contributed by atoms with van der Waals surface area (Å²) in [5.41, 5.74) is 3.37. The Kier molecular flexibility index (Phi) is 4.84. The molecule has 140 valence electrons. The third kappa shape index (κ3) is 3.37. The number of aromatic nitrogens is 1. The Hall–Kier alpha value is -3.18. The van der Waals surface area contributed by atoms with E-state index < -0.39 is 5.97 Å². The highest BCUT2D eigenvalue weighted by molar-refractivity contribution is 7.20. The van der Waals surface area contributed by atoms with Gasteiger partial charge in [-0.3, -0.25) is 4.79 Å². The van der Waals surface area contributed by atoms with E-state index in [-0.39, 0.29) is 12.4 Å². The molecule has 4 rings (SSSR count). The molecule has 0 unspecified atom stereocenters. The Morgan fingerprint density at radius 3 is 2.43 bits per heavy atom. The number of esters is 1. The zero-order chi connectivity index (χ0) is 19.7. The largest absolute Gasteiger partial charge is 0.453 e. The molecule has 28 heavy (non-hydrogen) atoms. The first-order chi connectivity index (χ1) is 13.5. The number of carbonyl (C=O) groups excluding carboxylic acids is 2. The second-order valence-electron chi connectivity index (χ2n) is 6.60. The molecule has 0 radical (unpaired) electrons. The molecule has 5 heteroatoms. The van der Waals surface area contributed by atoms with Crippen LogP contribution in [0.2, 0.25) is 0 Å². The molecule has 0 aliphatic carbocycles. The van der Waals surface area contributed by atoms with Crippen LogP contribution in [0.3, 0.4) is 0 Å². The topological polar surface area (TPSA) is 48.3 Å².